The maximum absolute atomic E-state index is 10.2. The van der Waals surface area contributed by atoms with E-state index in [4.69, 9.17) is 20.4 Å². The Kier molecular flexibility index (Phi) is 3.90. The molecule has 0 heterocycles. The van der Waals surface area contributed by atoms with E-state index >= 15 is 0 Å². The number of rotatable bonds is 4. The number of hydrogen-bond donors (Lipinski definition) is 6. The molecule has 0 spiro atoms. The van der Waals surface area contributed by atoms with E-state index in [0.29, 0.717) is 0 Å². The number of carbonyl (C=O) groups is 1. The molecule has 0 saturated carbocycles. The Balaban J connectivity index is 4.23. The van der Waals surface area contributed by atoms with Crippen molar-refractivity contribution < 1.29 is 25.2 Å². The molecule has 7 nitrogen and oxygen atoms in total. The summed E-state index contributed by atoms with van der Waals surface area (Å²) in [6.07, 6.45) is 0. The molecule has 0 radical (unpaired) electrons. The molecule has 12 heavy (non-hydrogen) atoms. The third-order valence-corrected chi connectivity index (χ3v) is 1.29. The number of primary amides is 1. The lowest BCUT2D eigenvalue weighted by Crippen LogP contribution is -2.58. The average molecular weight is 180 g/mol. The van der Waals surface area contributed by atoms with Crippen LogP contribution in [-0.4, -0.2) is 51.5 Å². The molecule has 0 saturated heterocycles. The molecule has 0 aliphatic carbocycles. The highest BCUT2D eigenvalue weighted by molar-refractivity contribution is 5.72. The number of carbonyl (C=O) groups excluding carboxylic acids is 1. The molecule has 0 aliphatic heterocycles. The van der Waals surface area contributed by atoms with Crippen LogP contribution in [0.5, 0.6) is 0 Å². The highest BCUT2D eigenvalue weighted by atomic mass is 16.5. The molecule has 0 aromatic carbocycles. The molecular weight excluding hydrogens is 168 g/mol. The fraction of sp³-hybridized carbons (Fsp3) is 0.800. The number of aliphatic hydroxyl groups is 4. The van der Waals surface area contributed by atoms with E-state index in [0.717, 1.165) is 0 Å². The van der Waals surface area contributed by atoms with Gasteiger partial charge in [-0.25, -0.2) is 4.79 Å². The standard InChI is InChI=1S/C5H12N2O5/c6-4(10)7-3(1-8)5(11,12)2-9/h3,8-9,11-12H,1-2H2,(H3,6,7,10). The van der Waals surface area contributed by atoms with Gasteiger partial charge in [0.2, 0.25) is 5.79 Å². The highest BCUT2D eigenvalue weighted by Crippen LogP contribution is 2.04. The van der Waals surface area contributed by atoms with Crippen LogP contribution in [0.15, 0.2) is 0 Å². The first-order chi connectivity index (χ1) is 5.44. The highest BCUT2D eigenvalue weighted by Gasteiger charge is 2.34. The molecular formula is C5H12N2O5. The Hall–Kier alpha value is -0.890. The van der Waals surface area contributed by atoms with Crippen LogP contribution in [0.2, 0.25) is 0 Å². The lowest BCUT2D eigenvalue weighted by Gasteiger charge is -2.27. The maximum Gasteiger partial charge on any atom is 0.312 e. The van der Waals surface area contributed by atoms with Crippen molar-refractivity contribution in [2.24, 2.45) is 5.73 Å². The van der Waals surface area contributed by atoms with Crippen LogP contribution in [0.25, 0.3) is 0 Å². The lowest BCUT2D eigenvalue weighted by atomic mass is 10.1. The summed E-state index contributed by atoms with van der Waals surface area (Å²) in [6.45, 7) is -1.75. The quantitative estimate of drug-likeness (QED) is 0.252. The van der Waals surface area contributed by atoms with E-state index in [-0.39, 0.29) is 0 Å². The minimum Gasteiger partial charge on any atom is -0.394 e. The number of amides is 2. The van der Waals surface area contributed by atoms with Gasteiger partial charge < -0.3 is 31.5 Å². The van der Waals surface area contributed by atoms with Crippen molar-refractivity contribution in [1.82, 2.24) is 5.32 Å². The van der Waals surface area contributed by atoms with Crippen molar-refractivity contribution in [2.45, 2.75) is 11.8 Å². The smallest absolute Gasteiger partial charge is 0.312 e. The average Bonchev–Trinajstić information content (AvgIpc) is 1.99. The molecule has 1 unspecified atom stereocenters. The van der Waals surface area contributed by atoms with Gasteiger partial charge in [0, 0.05) is 0 Å². The SMILES string of the molecule is NC(=O)NC(CO)C(O)(O)CO. The topological polar surface area (TPSA) is 136 Å². The zero-order valence-corrected chi connectivity index (χ0v) is 6.27. The van der Waals surface area contributed by atoms with Crippen molar-refractivity contribution in [2.75, 3.05) is 13.2 Å². The monoisotopic (exact) mass is 180 g/mol. The molecule has 2 amide bonds. The van der Waals surface area contributed by atoms with Gasteiger partial charge in [-0.2, -0.15) is 0 Å². The molecule has 0 aromatic heterocycles. The molecule has 0 bridgehead atoms. The van der Waals surface area contributed by atoms with Crippen LogP contribution in [0.3, 0.4) is 0 Å². The van der Waals surface area contributed by atoms with Crippen LogP contribution in [0.4, 0.5) is 4.79 Å². The zero-order chi connectivity index (χ0) is 9.78. The largest absolute Gasteiger partial charge is 0.394 e. The first-order valence-corrected chi connectivity index (χ1v) is 3.16. The predicted octanol–water partition coefficient (Wildman–Crippen LogP) is -3.31. The van der Waals surface area contributed by atoms with Gasteiger partial charge in [0.15, 0.2) is 0 Å². The second kappa shape index (κ2) is 4.21. The lowest BCUT2D eigenvalue weighted by molar-refractivity contribution is -0.209. The fourth-order valence-corrected chi connectivity index (χ4v) is 0.589. The first-order valence-electron chi connectivity index (χ1n) is 3.16. The summed E-state index contributed by atoms with van der Waals surface area (Å²) in [7, 11) is 0. The normalized spacial score (nSPS) is 14.0. The Morgan fingerprint density at radius 3 is 2.25 bits per heavy atom. The minimum absolute atomic E-state index is 0.740. The number of hydrogen-bond acceptors (Lipinski definition) is 5. The molecule has 0 fully saturated rings. The summed E-state index contributed by atoms with van der Waals surface area (Å²) in [5, 5.41) is 36.6. The van der Waals surface area contributed by atoms with Crippen LogP contribution in [0.1, 0.15) is 0 Å². The Bertz CT molecular complexity index is 160. The van der Waals surface area contributed by atoms with Crippen molar-refractivity contribution in [3.63, 3.8) is 0 Å². The number of nitrogens with two attached hydrogens (primary N) is 1. The van der Waals surface area contributed by atoms with Crippen molar-refractivity contribution in [1.29, 1.82) is 0 Å². The molecule has 0 aromatic rings. The van der Waals surface area contributed by atoms with Crippen LogP contribution in [-0.2, 0) is 0 Å². The Labute approximate surface area is 68.4 Å². The molecule has 0 rings (SSSR count). The summed E-state index contributed by atoms with van der Waals surface area (Å²) in [5.41, 5.74) is 4.66. The zero-order valence-electron chi connectivity index (χ0n) is 6.27. The van der Waals surface area contributed by atoms with Gasteiger partial charge in [-0.15, -0.1) is 0 Å². The van der Waals surface area contributed by atoms with Gasteiger partial charge in [-0.05, 0) is 0 Å². The number of urea groups is 1. The maximum atomic E-state index is 10.2. The third kappa shape index (κ3) is 3.01. The molecule has 0 aliphatic rings. The van der Waals surface area contributed by atoms with Crippen molar-refractivity contribution in [3.8, 4) is 0 Å². The summed E-state index contributed by atoms with van der Waals surface area (Å²) in [4.78, 5) is 10.2. The van der Waals surface area contributed by atoms with Gasteiger partial charge in [-0.3, -0.25) is 0 Å². The van der Waals surface area contributed by atoms with Gasteiger partial charge in [0.1, 0.15) is 6.04 Å². The molecule has 72 valence electrons. The van der Waals surface area contributed by atoms with Gasteiger partial charge in [0.05, 0.1) is 13.2 Å². The van der Waals surface area contributed by atoms with E-state index in [1.807, 2.05) is 5.32 Å². The van der Waals surface area contributed by atoms with Crippen LogP contribution in [0, 0.1) is 0 Å². The van der Waals surface area contributed by atoms with Crippen molar-refractivity contribution >= 4 is 6.03 Å². The minimum atomic E-state index is -2.57. The Morgan fingerprint density at radius 1 is 1.50 bits per heavy atom. The summed E-state index contributed by atoms with van der Waals surface area (Å²) in [5.74, 6) is -2.57. The number of nitrogens with one attached hydrogen (secondary N) is 1. The number of aliphatic hydroxyl groups excluding tert-OH is 2. The molecule has 7 heteroatoms. The first kappa shape index (κ1) is 11.1. The van der Waals surface area contributed by atoms with E-state index in [1.165, 1.54) is 0 Å². The fourth-order valence-electron chi connectivity index (χ4n) is 0.589. The van der Waals surface area contributed by atoms with E-state index in [1.54, 1.807) is 0 Å². The predicted molar refractivity (Wildman–Crippen MR) is 37.8 cm³/mol. The second-order valence-corrected chi connectivity index (χ2v) is 2.28. The van der Waals surface area contributed by atoms with E-state index in [9.17, 15) is 4.79 Å². The summed E-state index contributed by atoms with van der Waals surface area (Å²) in [6, 6.07) is -2.42. The van der Waals surface area contributed by atoms with Crippen molar-refractivity contribution in [3.05, 3.63) is 0 Å². The Morgan fingerprint density at radius 2 is 2.00 bits per heavy atom. The van der Waals surface area contributed by atoms with Gasteiger partial charge in [0.25, 0.3) is 0 Å². The van der Waals surface area contributed by atoms with Gasteiger partial charge in [-0.1, -0.05) is 0 Å². The van der Waals surface area contributed by atoms with Crippen LogP contribution < -0.4 is 11.1 Å². The molecule has 1 atom stereocenters. The molecule has 7 N–H and O–H groups in total. The van der Waals surface area contributed by atoms with Gasteiger partial charge >= 0.3 is 6.03 Å². The summed E-state index contributed by atoms with van der Waals surface area (Å²) < 4.78 is 0. The van der Waals surface area contributed by atoms with Crippen LogP contribution >= 0.6 is 0 Å². The van der Waals surface area contributed by atoms with E-state index < -0.39 is 31.1 Å². The summed E-state index contributed by atoms with van der Waals surface area (Å²) >= 11 is 0. The third-order valence-electron chi connectivity index (χ3n) is 1.29. The second-order valence-electron chi connectivity index (χ2n) is 2.28. The van der Waals surface area contributed by atoms with E-state index in [2.05, 4.69) is 5.73 Å².